The smallest absolute Gasteiger partial charge is 0.406 e. The van der Waals surface area contributed by atoms with Crippen LogP contribution in [0.5, 0.6) is 5.75 Å². The summed E-state index contributed by atoms with van der Waals surface area (Å²) in [6.07, 6.45) is -3.92. The topological polar surface area (TPSA) is 49.8 Å². The number of aliphatic hydroxyl groups is 1. The molecule has 0 aliphatic carbocycles. The highest BCUT2D eigenvalue weighted by Gasteiger charge is 2.31. The zero-order valence-corrected chi connectivity index (χ0v) is 13.2. The van der Waals surface area contributed by atoms with Crippen LogP contribution in [-0.4, -0.2) is 30.5 Å². The van der Waals surface area contributed by atoms with Crippen molar-refractivity contribution in [2.75, 3.05) is 18.1 Å². The fraction of sp³-hybridized carbons (Fsp3) is 0.278. The number of hydrogen-bond acceptors (Lipinski definition) is 3. The fourth-order valence-corrected chi connectivity index (χ4v) is 2.86. The molecule has 0 aromatic heterocycles. The zero-order chi connectivity index (χ0) is 18.0. The van der Waals surface area contributed by atoms with Crippen molar-refractivity contribution in [3.05, 3.63) is 48.0 Å². The van der Waals surface area contributed by atoms with E-state index in [1.165, 1.54) is 24.3 Å². The van der Waals surface area contributed by atoms with Crippen molar-refractivity contribution in [1.82, 2.24) is 0 Å². The number of carbonyl (C=O) groups is 1. The van der Waals surface area contributed by atoms with Crippen LogP contribution in [0.25, 0.3) is 11.1 Å². The standard InChI is InChI=1S/C18H16F3NO3/c19-18(20,21)25-15-6-4-12(5-7-15)13-2-3-14-11-17(24)22(8-1-9-23)16(14)10-13/h2-7,10,23H,1,8-9,11H2. The Morgan fingerprint density at radius 2 is 1.76 bits per heavy atom. The molecule has 0 bridgehead atoms. The fourth-order valence-electron chi connectivity index (χ4n) is 2.86. The van der Waals surface area contributed by atoms with Gasteiger partial charge in [0.15, 0.2) is 0 Å². The number of anilines is 1. The van der Waals surface area contributed by atoms with E-state index in [0.717, 1.165) is 22.4 Å². The van der Waals surface area contributed by atoms with Crippen LogP contribution in [0.4, 0.5) is 18.9 Å². The second-order valence-corrected chi connectivity index (χ2v) is 5.71. The van der Waals surface area contributed by atoms with Crippen LogP contribution in [0.1, 0.15) is 12.0 Å². The molecule has 0 atom stereocenters. The maximum absolute atomic E-state index is 12.2. The molecule has 0 unspecified atom stereocenters. The molecule has 4 nitrogen and oxygen atoms in total. The van der Waals surface area contributed by atoms with Crippen LogP contribution in [0.3, 0.4) is 0 Å². The van der Waals surface area contributed by atoms with E-state index < -0.39 is 6.36 Å². The molecule has 25 heavy (non-hydrogen) atoms. The molecule has 1 N–H and O–H groups in total. The monoisotopic (exact) mass is 351 g/mol. The van der Waals surface area contributed by atoms with Gasteiger partial charge in [0.05, 0.1) is 6.42 Å². The summed E-state index contributed by atoms with van der Waals surface area (Å²) in [5.74, 6) is -0.299. The Morgan fingerprint density at radius 1 is 1.08 bits per heavy atom. The number of hydrogen-bond donors (Lipinski definition) is 1. The number of amides is 1. The largest absolute Gasteiger partial charge is 0.573 e. The SMILES string of the molecule is O=C1Cc2ccc(-c3ccc(OC(F)(F)F)cc3)cc2N1CCCO. The van der Waals surface area contributed by atoms with Crippen molar-refractivity contribution in [2.45, 2.75) is 19.2 Å². The Balaban J connectivity index is 1.85. The lowest BCUT2D eigenvalue weighted by atomic mass is 10.0. The van der Waals surface area contributed by atoms with E-state index >= 15 is 0 Å². The minimum Gasteiger partial charge on any atom is -0.406 e. The first-order valence-electron chi connectivity index (χ1n) is 7.78. The molecule has 1 aliphatic heterocycles. The van der Waals surface area contributed by atoms with Gasteiger partial charge in [-0.05, 0) is 41.3 Å². The van der Waals surface area contributed by atoms with E-state index in [0.29, 0.717) is 19.4 Å². The quantitative estimate of drug-likeness (QED) is 0.897. The summed E-state index contributed by atoms with van der Waals surface area (Å²) in [6.45, 7) is 0.434. The highest BCUT2D eigenvalue weighted by atomic mass is 19.4. The molecule has 1 amide bonds. The summed E-state index contributed by atoms with van der Waals surface area (Å²) in [7, 11) is 0. The van der Waals surface area contributed by atoms with Crippen LogP contribution >= 0.6 is 0 Å². The molecule has 1 heterocycles. The molecule has 2 aromatic carbocycles. The van der Waals surface area contributed by atoms with Crippen molar-refractivity contribution in [2.24, 2.45) is 0 Å². The Hall–Kier alpha value is -2.54. The summed E-state index contributed by atoms with van der Waals surface area (Å²) in [5, 5.41) is 8.97. The average molecular weight is 351 g/mol. The maximum Gasteiger partial charge on any atom is 0.573 e. The minimum absolute atomic E-state index is 0.000524. The number of alkyl halides is 3. The van der Waals surface area contributed by atoms with E-state index in [-0.39, 0.29) is 18.3 Å². The molecule has 1 aliphatic rings. The van der Waals surface area contributed by atoms with Crippen molar-refractivity contribution >= 4 is 11.6 Å². The van der Waals surface area contributed by atoms with Gasteiger partial charge in [0.2, 0.25) is 5.91 Å². The van der Waals surface area contributed by atoms with Crippen molar-refractivity contribution < 1.29 is 27.8 Å². The second-order valence-electron chi connectivity index (χ2n) is 5.71. The Kier molecular flexibility index (Phi) is 4.67. The number of benzene rings is 2. The molecule has 132 valence electrons. The van der Waals surface area contributed by atoms with E-state index in [1.54, 1.807) is 4.90 Å². The second kappa shape index (κ2) is 6.76. The van der Waals surface area contributed by atoms with Gasteiger partial charge in [0.1, 0.15) is 5.75 Å². The lowest BCUT2D eigenvalue weighted by Crippen LogP contribution is -2.28. The van der Waals surface area contributed by atoms with Gasteiger partial charge in [0.25, 0.3) is 0 Å². The van der Waals surface area contributed by atoms with Gasteiger partial charge in [-0.1, -0.05) is 24.3 Å². The predicted molar refractivity (Wildman–Crippen MR) is 86.3 cm³/mol. The molecule has 0 saturated heterocycles. The minimum atomic E-state index is -4.72. The molecule has 0 saturated carbocycles. The van der Waals surface area contributed by atoms with Crippen LogP contribution in [0.15, 0.2) is 42.5 Å². The zero-order valence-electron chi connectivity index (χ0n) is 13.2. The highest BCUT2D eigenvalue weighted by molar-refractivity contribution is 6.02. The molecule has 0 fully saturated rings. The third kappa shape index (κ3) is 3.93. The Labute approximate surface area is 142 Å². The molecular formula is C18H16F3NO3. The summed E-state index contributed by atoms with van der Waals surface area (Å²) in [5.41, 5.74) is 3.20. The highest BCUT2D eigenvalue weighted by Crippen LogP contribution is 2.34. The van der Waals surface area contributed by atoms with Crippen LogP contribution in [0, 0.1) is 0 Å². The van der Waals surface area contributed by atoms with Gasteiger partial charge in [0, 0.05) is 18.8 Å². The summed E-state index contributed by atoms with van der Waals surface area (Å²) in [4.78, 5) is 13.7. The van der Waals surface area contributed by atoms with E-state index in [9.17, 15) is 18.0 Å². The normalized spacial score (nSPS) is 13.9. The van der Waals surface area contributed by atoms with Gasteiger partial charge >= 0.3 is 6.36 Å². The summed E-state index contributed by atoms with van der Waals surface area (Å²) >= 11 is 0. The Morgan fingerprint density at radius 3 is 2.40 bits per heavy atom. The van der Waals surface area contributed by atoms with Gasteiger partial charge in [-0.3, -0.25) is 4.79 Å². The first kappa shape index (κ1) is 17.3. The first-order valence-corrected chi connectivity index (χ1v) is 7.78. The predicted octanol–water partition coefficient (Wildman–Crippen LogP) is 3.52. The lowest BCUT2D eigenvalue weighted by Gasteiger charge is -2.17. The van der Waals surface area contributed by atoms with Crippen molar-refractivity contribution in [1.29, 1.82) is 0 Å². The molecule has 0 radical (unpaired) electrons. The number of aliphatic hydroxyl groups excluding tert-OH is 1. The van der Waals surface area contributed by atoms with Crippen LogP contribution in [-0.2, 0) is 11.2 Å². The molecular weight excluding hydrogens is 335 g/mol. The third-order valence-electron chi connectivity index (χ3n) is 3.98. The number of carbonyl (C=O) groups excluding carboxylic acids is 1. The lowest BCUT2D eigenvalue weighted by molar-refractivity contribution is -0.274. The number of rotatable bonds is 5. The average Bonchev–Trinajstić information content (AvgIpc) is 2.86. The summed E-state index contributed by atoms with van der Waals surface area (Å²) in [6, 6.07) is 11.1. The maximum atomic E-state index is 12.2. The van der Waals surface area contributed by atoms with Gasteiger partial charge in [-0.2, -0.15) is 0 Å². The molecule has 2 aromatic rings. The van der Waals surface area contributed by atoms with Crippen molar-refractivity contribution in [3.8, 4) is 16.9 Å². The molecule has 0 spiro atoms. The molecule has 3 rings (SSSR count). The van der Waals surface area contributed by atoms with E-state index in [1.807, 2.05) is 18.2 Å². The molecule has 7 heteroatoms. The van der Waals surface area contributed by atoms with Crippen LogP contribution < -0.4 is 9.64 Å². The number of fused-ring (bicyclic) bond motifs is 1. The van der Waals surface area contributed by atoms with Gasteiger partial charge < -0.3 is 14.7 Å². The van der Waals surface area contributed by atoms with E-state index in [4.69, 9.17) is 5.11 Å². The van der Waals surface area contributed by atoms with E-state index in [2.05, 4.69) is 4.74 Å². The van der Waals surface area contributed by atoms with Gasteiger partial charge in [-0.25, -0.2) is 0 Å². The number of ether oxygens (including phenoxy) is 1. The number of halogens is 3. The number of nitrogens with zero attached hydrogens (tertiary/aromatic N) is 1. The van der Waals surface area contributed by atoms with Crippen molar-refractivity contribution in [3.63, 3.8) is 0 Å². The summed E-state index contributed by atoms with van der Waals surface area (Å²) < 4.78 is 40.5. The third-order valence-corrected chi connectivity index (χ3v) is 3.98. The van der Waals surface area contributed by atoms with Crippen LogP contribution in [0.2, 0.25) is 0 Å². The first-order chi connectivity index (χ1) is 11.9. The Bertz CT molecular complexity index is 772. The van der Waals surface area contributed by atoms with Gasteiger partial charge in [-0.15, -0.1) is 13.2 Å².